The number of nitrogens with one attached hydrogen (secondary N) is 1. The number of anilines is 2. The molecule has 0 saturated carbocycles. The van der Waals surface area contributed by atoms with Crippen molar-refractivity contribution in [1.82, 2.24) is 9.88 Å². The summed E-state index contributed by atoms with van der Waals surface area (Å²) in [4.78, 5) is 19.7. The van der Waals surface area contributed by atoms with Crippen LogP contribution in [0.15, 0.2) is 71.3 Å². The van der Waals surface area contributed by atoms with Gasteiger partial charge in [0.25, 0.3) is 5.91 Å². The first kappa shape index (κ1) is 24.9. The van der Waals surface area contributed by atoms with Crippen LogP contribution in [0.4, 0.5) is 15.9 Å². The smallest absolute Gasteiger partial charge is 0.292 e. The summed E-state index contributed by atoms with van der Waals surface area (Å²) < 4.78 is 30.0. The molecular weight excluding hydrogens is 463 g/mol. The van der Waals surface area contributed by atoms with Crippen LogP contribution < -0.4 is 15.8 Å². The van der Waals surface area contributed by atoms with E-state index in [1.54, 1.807) is 24.3 Å². The van der Waals surface area contributed by atoms with Crippen LogP contribution in [0.5, 0.6) is 5.75 Å². The first-order valence-electron chi connectivity index (χ1n) is 11.2. The molecule has 2 aromatic heterocycles. The molecule has 186 valence electrons. The van der Waals surface area contributed by atoms with Gasteiger partial charge in [0.1, 0.15) is 17.4 Å². The Morgan fingerprint density at radius 1 is 1.11 bits per heavy atom. The molecule has 0 radical (unpaired) electrons. The molecule has 9 heteroatoms. The van der Waals surface area contributed by atoms with Gasteiger partial charge in [0, 0.05) is 36.5 Å². The molecule has 36 heavy (non-hydrogen) atoms. The number of hydrogen-bond acceptors (Lipinski definition) is 7. The highest BCUT2D eigenvalue weighted by Gasteiger charge is 2.21. The molecule has 0 aliphatic heterocycles. The summed E-state index contributed by atoms with van der Waals surface area (Å²) in [7, 11) is 5.32. The second kappa shape index (κ2) is 11.0. The number of aromatic nitrogens is 1. The number of ether oxygens (including phenoxy) is 2. The van der Waals surface area contributed by atoms with Gasteiger partial charge in [0.15, 0.2) is 12.6 Å². The van der Waals surface area contributed by atoms with E-state index in [0.717, 1.165) is 16.7 Å². The van der Waals surface area contributed by atoms with Crippen molar-refractivity contribution >= 4 is 17.4 Å². The van der Waals surface area contributed by atoms with Crippen molar-refractivity contribution < 1.29 is 23.1 Å². The van der Waals surface area contributed by atoms with Gasteiger partial charge in [-0.15, -0.1) is 0 Å². The highest BCUT2D eigenvalue weighted by atomic mass is 19.1. The Morgan fingerprint density at radius 3 is 2.64 bits per heavy atom. The van der Waals surface area contributed by atoms with Crippen LogP contribution in [-0.4, -0.2) is 43.8 Å². The lowest BCUT2D eigenvalue weighted by atomic mass is 9.96. The molecule has 4 rings (SSSR count). The van der Waals surface area contributed by atoms with Crippen LogP contribution in [-0.2, 0) is 11.3 Å². The quantitative estimate of drug-likeness (QED) is 0.251. The van der Waals surface area contributed by atoms with Gasteiger partial charge in [-0.3, -0.25) is 4.79 Å². The zero-order chi connectivity index (χ0) is 25.7. The number of amides is 1. The minimum Gasteiger partial charge on any atom is -0.467 e. The summed E-state index contributed by atoms with van der Waals surface area (Å²) in [6.07, 6.45) is 1.43. The Morgan fingerprint density at radius 2 is 1.94 bits per heavy atom. The molecule has 0 aliphatic rings. The maximum Gasteiger partial charge on any atom is 0.292 e. The largest absolute Gasteiger partial charge is 0.467 e. The molecular formula is C27H27FN4O4. The number of nitrogens with zero attached hydrogens (tertiary/aromatic N) is 2. The standard InChI is InChI=1S/C27H27FN4O4/c1-32(2)15-22-21(17-6-4-7-19(29)12-17)14-23(20-10-9-18(28)13-25(20)36-16-34-3)30-26(22)31-27(33)24-8-5-11-35-24/h4-14H,15-16,29H2,1-3H3,(H,30,31,33). The summed E-state index contributed by atoms with van der Waals surface area (Å²) in [6, 6.07) is 16.7. The van der Waals surface area contributed by atoms with Gasteiger partial charge >= 0.3 is 0 Å². The molecule has 0 unspecified atom stereocenters. The predicted molar refractivity (Wildman–Crippen MR) is 136 cm³/mol. The highest BCUT2D eigenvalue weighted by molar-refractivity contribution is 6.03. The predicted octanol–water partition coefficient (Wildman–Crippen LogP) is 5.03. The molecule has 0 fully saturated rings. The zero-order valence-corrected chi connectivity index (χ0v) is 20.2. The third kappa shape index (κ3) is 5.70. The van der Waals surface area contributed by atoms with E-state index in [2.05, 4.69) is 5.32 Å². The molecule has 1 amide bonds. The molecule has 0 spiro atoms. The number of pyridine rings is 1. The fourth-order valence-corrected chi connectivity index (χ4v) is 3.78. The summed E-state index contributed by atoms with van der Waals surface area (Å²) in [6.45, 7) is 0.404. The number of rotatable bonds is 9. The minimum atomic E-state index is -0.462. The van der Waals surface area contributed by atoms with E-state index < -0.39 is 11.7 Å². The third-order valence-electron chi connectivity index (χ3n) is 5.33. The number of furan rings is 1. The lowest BCUT2D eigenvalue weighted by Gasteiger charge is -2.21. The molecule has 0 bridgehead atoms. The van der Waals surface area contributed by atoms with E-state index in [0.29, 0.717) is 29.3 Å². The Balaban J connectivity index is 1.94. The molecule has 0 aliphatic carbocycles. The second-order valence-corrected chi connectivity index (χ2v) is 8.37. The van der Waals surface area contributed by atoms with Crippen molar-refractivity contribution in [2.75, 3.05) is 39.0 Å². The fourth-order valence-electron chi connectivity index (χ4n) is 3.78. The van der Waals surface area contributed by atoms with Crippen molar-refractivity contribution in [3.8, 4) is 28.1 Å². The van der Waals surface area contributed by atoms with Crippen molar-refractivity contribution in [3.63, 3.8) is 0 Å². The molecule has 0 saturated heterocycles. The summed E-state index contributed by atoms with van der Waals surface area (Å²) in [5.41, 5.74) is 10.1. The monoisotopic (exact) mass is 490 g/mol. The van der Waals surface area contributed by atoms with Crippen LogP contribution in [0.25, 0.3) is 22.4 Å². The van der Waals surface area contributed by atoms with E-state index in [4.69, 9.17) is 24.6 Å². The highest BCUT2D eigenvalue weighted by Crippen LogP contribution is 2.37. The molecule has 4 aromatic rings. The average Bonchev–Trinajstić information content (AvgIpc) is 3.39. The number of halogens is 1. The van der Waals surface area contributed by atoms with Gasteiger partial charge in [-0.1, -0.05) is 12.1 Å². The fraction of sp³-hybridized carbons (Fsp3) is 0.185. The van der Waals surface area contributed by atoms with Crippen molar-refractivity contribution in [2.24, 2.45) is 0 Å². The molecule has 2 aromatic carbocycles. The number of nitrogens with two attached hydrogens (primary N) is 1. The maximum absolute atomic E-state index is 14.1. The van der Waals surface area contributed by atoms with Crippen molar-refractivity contribution in [1.29, 1.82) is 0 Å². The van der Waals surface area contributed by atoms with E-state index in [-0.39, 0.29) is 18.3 Å². The Bertz CT molecular complexity index is 1360. The van der Waals surface area contributed by atoms with Gasteiger partial charge in [-0.05, 0) is 67.7 Å². The molecule has 3 N–H and O–H groups in total. The molecule has 0 atom stereocenters. The van der Waals surface area contributed by atoms with Gasteiger partial charge in [-0.25, -0.2) is 9.37 Å². The van der Waals surface area contributed by atoms with E-state index in [9.17, 15) is 9.18 Å². The SMILES string of the molecule is COCOc1cc(F)ccc1-c1cc(-c2cccc(N)c2)c(CN(C)C)c(NC(=O)c2ccco2)n1. The van der Waals surface area contributed by atoms with E-state index in [1.807, 2.05) is 43.3 Å². The van der Waals surface area contributed by atoms with Gasteiger partial charge in [0.2, 0.25) is 0 Å². The molecule has 8 nitrogen and oxygen atoms in total. The Kier molecular flexibility index (Phi) is 7.62. The summed E-state index contributed by atoms with van der Waals surface area (Å²) in [5, 5.41) is 2.89. The number of carbonyl (C=O) groups is 1. The molecule has 2 heterocycles. The van der Waals surface area contributed by atoms with Crippen LogP contribution in [0.1, 0.15) is 16.1 Å². The second-order valence-electron chi connectivity index (χ2n) is 8.37. The number of methoxy groups -OCH3 is 1. The lowest BCUT2D eigenvalue weighted by molar-refractivity contribution is 0.0513. The Hall–Kier alpha value is -4.21. The summed E-state index contributed by atoms with van der Waals surface area (Å²) in [5.74, 6) is -0.169. The van der Waals surface area contributed by atoms with Crippen molar-refractivity contribution in [2.45, 2.75) is 6.54 Å². The average molecular weight is 491 g/mol. The van der Waals surface area contributed by atoms with Gasteiger partial charge in [0.05, 0.1) is 12.0 Å². The third-order valence-corrected chi connectivity index (χ3v) is 5.33. The Labute approximate surface area is 208 Å². The van der Waals surface area contributed by atoms with Gasteiger partial charge in [-0.2, -0.15) is 0 Å². The van der Waals surface area contributed by atoms with E-state index >= 15 is 0 Å². The normalized spacial score (nSPS) is 11.0. The van der Waals surface area contributed by atoms with E-state index in [1.165, 1.54) is 25.5 Å². The minimum absolute atomic E-state index is 0.0701. The van der Waals surface area contributed by atoms with Crippen LogP contribution in [0.3, 0.4) is 0 Å². The number of nitrogen functional groups attached to an aromatic ring is 1. The zero-order valence-electron chi connectivity index (χ0n) is 20.2. The van der Waals surface area contributed by atoms with Crippen LogP contribution in [0.2, 0.25) is 0 Å². The maximum atomic E-state index is 14.1. The topological polar surface area (TPSA) is 103 Å². The number of hydrogen-bond donors (Lipinski definition) is 2. The lowest BCUT2D eigenvalue weighted by Crippen LogP contribution is -2.19. The summed E-state index contributed by atoms with van der Waals surface area (Å²) >= 11 is 0. The van der Waals surface area contributed by atoms with Gasteiger partial charge < -0.3 is 29.8 Å². The first-order valence-corrected chi connectivity index (χ1v) is 11.2. The number of carbonyl (C=O) groups excluding carboxylic acids is 1. The van der Waals surface area contributed by atoms with Crippen LogP contribution in [0, 0.1) is 5.82 Å². The number of benzene rings is 2. The van der Waals surface area contributed by atoms with Crippen LogP contribution >= 0.6 is 0 Å². The first-order chi connectivity index (χ1) is 17.4. The van der Waals surface area contributed by atoms with Crippen molar-refractivity contribution in [3.05, 3.63) is 84.1 Å².